The van der Waals surface area contributed by atoms with Crippen LogP contribution in [0.5, 0.6) is 0 Å². The number of pyridine rings is 1. The van der Waals surface area contributed by atoms with Crippen molar-refractivity contribution in [3.8, 4) is 0 Å². The van der Waals surface area contributed by atoms with Crippen molar-refractivity contribution in [2.45, 2.75) is 47.0 Å². The second-order valence-corrected chi connectivity index (χ2v) is 6.70. The average Bonchev–Trinajstić information content (AvgIpc) is 2.33. The Morgan fingerprint density at radius 3 is 2.56 bits per heavy atom. The van der Waals surface area contributed by atoms with Gasteiger partial charge in [0, 0.05) is 18.8 Å². The molecule has 2 heteroatoms. The van der Waals surface area contributed by atoms with Crippen LogP contribution in [0.2, 0.25) is 0 Å². The van der Waals surface area contributed by atoms with Gasteiger partial charge in [-0.2, -0.15) is 0 Å². The summed E-state index contributed by atoms with van der Waals surface area (Å²) in [5, 5.41) is 0. The zero-order valence-electron chi connectivity index (χ0n) is 12.4. The summed E-state index contributed by atoms with van der Waals surface area (Å²) in [5.74, 6) is 1.31. The first-order valence-corrected chi connectivity index (χ1v) is 7.11. The van der Waals surface area contributed by atoms with Gasteiger partial charge in [-0.15, -0.1) is 0 Å². The fourth-order valence-corrected chi connectivity index (χ4v) is 2.61. The molecule has 0 saturated carbocycles. The first kappa shape index (κ1) is 13.4. The number of anilines is 1. The molecule has 0 aromatic carbocycles. The Morgan fingerprint density at radius 2 is 2.06 bits per heavy atom. The summed E-state index contributed by atoms with van der Waals surface area (Å²) in [6.07, 6.45) is 3.32. The molecule has 0 N–H and O–H groups in total. The first-order chi connectivity index (χ1) is 8.40. The van der Waals surface area contributed by atoms with Crippen molar-refractivity contribution >= 4 is 5.69 Å². The lowest BCUT2D eigenvalue weighted by molar-refractivity contribution is 0.193. The molecule has 1 aromatic rings. The fraction of sp³-hybridized carbons (Fsp3) is 0.688. The minimum Gasteiger partial charge on any atom is -0.370 e. The van der Waals surface area contributed by atoms with Gasteiger partial charge >= 0.3 is 0 Å². The summed E-state index contributed by atoms with van der Waals surface area (Å²) in [4.78, 5) is 7.06. The highest BCUT2D eigenvalue weighted by molar-refractivity contribution is 5.45. The Labute approximate surface area is 111 Å². The molecule has 18 heavy (non-hydrogen) atoms. The number of hydrogen-bond donors (Lipinski definition) is 0. The molecule has 100 valence electrons. The lowest BCUT2D eigenvalue weighted by Gasteiger charge is -2.44. The summed E-state index contributed by atoms with van der Waals surface area (Å²) in [6.45, 7) is 13.8. The predicted molar refractivity (Wildman–Crippen MR) is 78.1 cm³/mol. The quantitative estimate of drug-likeness (QED) is 0.781. The van der Waals surface area contributed by atoms with E-state index in [4.69, 9.17) is 0 Å². The van der Waals surface area contributed by atoms with Crippen molar-refractivity contribution in [2.75, 3.05) is 18.0 Å². The van der Waals surface area contributed by atoms with Gasteiger partial charge in [0.1, 0.15) is 0 Å². The van der Waals surface area contributed by atoms with Crippen molar-refractivity contribution in [1.29, 1.82) is 0 Å². The van der Waals surface area contributed by atoms with E-state index in [1.165, 1.54) is 17.8 Å². The number of rotatable bonds is 2. The van der Waals surface area contributed by atoms with Crippen LogP contribution in [0, 0.1) is 11.3 Å². The van der Waals surface area contributed by atoms with Gasteiger partial charge in [0.25, 0.3) is 0 Å². The molecule has 1 aliphatic heterocycles. The van der Waals surface area contributed by atoms with Crippen LogP contribution in [0.3, 0.4) is 0 Å². The van der Waals surface area contributed by atoms with E-state index in [0.717, 1.165) is 19.0 Å². The summed E-state index contributed by atoms with van der Waals surface area (Å²) in [7, 11) is 0. The third-order valence-electron chi connectivity index (χ3n) is 4.49. The Morgan fingerprint density at radius 1 is 1.33 bits per heavy atom. The van der Waals surface area contributed by atoms with Gasteiger partial charge in [0.05, 0.1) is 11.9 Å². The molecule has 1 saturated heterocycles. The molecule has 2 nitrogen and oxygen atoms in total. The van der Waals surface area contributed by atoms with E-state index in [-0.39, 0.29) is 0 Å². The van der Waals surface area contributed by atoms with Crippen LogP contribution in [-0.4, -0.2) is 18.1 Å². The Kier molecular flexibility index (Phi) is 3.65. The molecule has 0 spiro atoms. The number of aromatic nitrogens is 1. The van der Waals surface area contributed by atoms with E-state index in [9.17, 15) is 0 Å². The topological polar surface area (TPSA) is 16.1 Å². The lowest BCUT2D eigenvalue weighted by Crippen LogP contribution is -2.44. The van der Waals surface area contributed by atoms with Crippen molar-refractivity contribution in [3.05, 3.63) is 24.0 Å². The fourth-order valence-electron chi connectivity index (χ4n) is 2.61. The molecule has 1 atom stereocenters. The van der Waals surface area contributed by atoms with E-state index in [1.807, 2.05) is 6.20 Å². The van der Waals surface area contributed by atoms with Crippen LogP contribution in [0.15, 0.2) is 18.3 Å². The number of nitrogens with zero attached hydrogens (tertiary/aromatic N) is 2. The zero-order valence-corrected chi connectivity index (χ0v) is 12.4. The van der Waals surface area contributed by atoms with Gasteiger partial charge < -0.3 is 4.90 Å². The second kappa shape index (κ2) is 4.91. The van der Waals surface area contributed by atoms with E-state index in [2.05, 4.69) is 56.6 Å². The summed E-state index contributed by atoms with van der Waals surface area (Å²) in [6, 6.07) is 4.40. The maximum absolute atomic E-state index is 4.58. The molecule has 0 radical (unpaired) electrons. The van der Waals surface area contributed by atoms with Crippen LogP contribution in [-0.2, 0) is 0 Å². The largest absolute Gasteiger partial charge is 0.370 e. The van der Waals surface area contributed by atoms with E-state index in [0.29, 0.717) is 11.3 Å². The Bertz CT molecular complexity index is 392. The molecule has 0 amide bonds. The SMILES string of the molecule is CC(C)c1ccc(N2CCC(C)C(C)(C)C2)cn1. The second-order valence-electron chi connectivity index (χ2n) is 6.70. The molecule has 1 aliphatic rings. The normalized spacial score (nSPS) is 23.4. The molecule has 1 unspecified atom stereocenters. The van der Waals surface area contributed by atoms with E-state index < -0.39 is 0 Å². The average molecular weight is 246 g/mol. The minimum atomic E-state index is 0.398. The molecule has 0 aliphatic carbocycles. The molecular weight excluding hydrogens is 220 g/mol. The molecule has 2 heterocycles. The summed E-state index contributed by atoms with van der Waals surface area (Å²) >= 11 is 0. The van der Waals surface area contributed by atoms with Crippen LogP contribution in [0.25, 0.3) is 0 Å². The van der Waals surface area contributed by atoms with Gasteiger partial charge in [0.2, 0.25) is 0 Å². The third-order valence-corrected chi connectivity index (χ3v) is 4.49. The van der Waals surface area contributed by atoms with Crippen LogP contribution < -0.4 is 4.90 Å². The van der Waals surface area contributed by atoms with Crippen molar-refractivity contribution in [3.63, 3.8) is 0 Å². The first-order valence-electron chi connectivity index (χ1n) is 7.11. The van der Waals surface area contributed by atoms with Crippen LogP contribution in [0.1, 0.15) is 52.7 Å². The predicted octanol–water partition coefficient (Wildman–Crippen LogP) is 4.08. The smallest absolute Gasteiger partial charge is 0.0553 e. The number of hydrogen-bond acceptors (Lipinski definition) is 2. The van der Waals surface area contributed by atoms with Crippen molar-refractivity contribution < 1.29 is 0 Å². The van der Waals surface area contributed by atoms with Gasteiger partial charge in [-0.05, 0) is 35.8 Å². The number of piperidine rings is 1. The van der Waals surface area contributed by atoms with Crippen LogP contribution in [0.4, 0.5) is 5.69 Å². The van der Waals surface area contributed by atoms with Crippen LogP contribution >= 0.6 is 0 Å². The van der Waals surface area contributed by atoms with E-state index in [1.54, 1.807) is 0 Å². The minimum absolute atomic E-state index is 0.398. The summed E-state index contributed by atoms with van der Waals surface area (Å²) in [5.41, 5.74) is 2.86. The highest BCUT2D eigenvalue weighted by Crippen LogP contribution is 2.36. The molecule has 0 bridgehead atoms. The standard InChI is InChI=1S/C16H26N2/c1-12(2)15-7-6-14(10-17-15)18-9-8-13(3)16(4,5)11-18/h6-7,10,12-13H,8-9,11H2,1-5H3. The molecule has 1 aromatic heterocycles. The maximum Gasteiger partial charge on any atom is 0.0553 e. The zero-order chi connectivity index (χ0) is 13.3. The van der Waals surface area contributed by atoms with E-state index >= 15 is 0 Å². The summed E-state index contributed by atoms with van der Waals surface area (Å²) < 4.78 is 0. The Hall–Kier alpha value is -1.05. The monoisotopic (exact) mass is 246 g/mol. The highest BCUT2D eigenvalue weighted by Gasteiger charge is 2.32. The van der Waals surface area contributed by atoms with Gasteiger partial charge in [-0.1, -0.05) is 34.6 Å². The third kappa shape index (κ3) is 2.68. The molecular formula is C16H26N2. The molecule has 1 fully saturated rings. The lowest BCUT2D eigenvalue weighted by atomic mass is 9.75. The van der Waals surface area contributed by atoms with Gasteiger partial charge in [0.15, 0.2) is 0 Å². The van der Waals surface area contributed by atoms with Crippen molar-refractivity contribution in [1.82, 2.24) is 4.98 Å². The van der Waals surface area contributed by atoms with Gasteiger partial charge in [-0.25, -0.2) is 0 Å². The Balaban J connectivity index is 2.13. The van der Waals surface area contributed by atoms with Crippen molar-refractivity contribution in [2.24, 2.45) is 11.3 Å². The molecule has 2 rings (SSSR count). The van der Waals surface area contributed by atoms with Gasteiger partial charge in [-0.3, -0.25) is 4.98 Å². The highest BCUT2D eigenvalue weighted by atomic mass is 15.1. The maximum atomic E-state index is 4.58.